The van der Waals surface area contributed by atoms with Crippen molar-refractivity contribution in [3.05, 3.63) is 23.8 Å². The quantitative estimate of drug-likeness (QED) is 0.570. The number of aliphatic hydroxyl groups is 1. The van der Waals surface area contributed by atoms with Crippen molar-refractivity contribution < 1.29 is 14.9 Å². The molecule has 24 heavy (non-hydrogen) atoms. The van der Waals surface area contributed by atoms with Crippen molar-refractivity contribution >= 4 is 0 Å². The number of aromatic hydroxyl groups is 1. The molecule has 0 amide bonds. The number of aliphatic hydroxyl groups excluding tert-OH is 1. The van der Waals surface area contributed by atoms with E-state index in [1.807, 2.05) is 19.1 Å². The fourth-order valence-electron chi connectivity index (χ4n) is 2.68. The number of phenols is 1. The average Bonchev–Trinajstić information content (AvgIpc) is 2.53. The topological polar surface area (TPSA) is 75.7 Å². The summed E-state index contributed by atoms with van der Waals surface area (Å²) in [4.78, 5) is 0. The van der Waals surface area contributed by atoms with Gasteiger partial charge in [0.25, 0.3) is 0 Å². The lowest BCUT2D eigenvalue weighted by molar-refractivity contribution is 0.182. The van der Waals surface area contributed by atoms with E-state index in [2.05, 4.69) is 20.8 Å². The van der Waals surface area contributed by atoms with Gasteiger partial charge in [0, 0.05) is 11.6 Å². The molecule has 4 nitrogen and oxygen atoms in total. The number of aryl methyl sites for hydroxylation is 1. The Bertz CT molecular complexity index is 484. The van der Waals surface area contributed by atoms with Crippen LogP contribution in [0.4, 0.5) is 0 Å². The van der Waals surface area contributed by atoms with Crippen molar-refractivity contribution in [1.82, 2.24) is 0 Å². The number of nitrogens with two attached hydrogens (primary N) is 1. The number of phenolic OH excluding ortho intramolecular Hbond substituents is 1. The van der Waals surface area contributed by atoms with Gasteiger partial charge in [-0.05, 0) is 56.6 Å². The van der Waals surface area contributed by atoms with Crippen LogP contribution in [-0.2, 0) is 6.42 Å². The van der Waals surface area contributed by atoms with Crippen LogP contribution in [0.25, 0.3) is 0 Å². The van der Waals surface area contributed by atoms with Crippen LogP contribution in [-0.4, -0.2) is 28.5 Å². The van der Waals surface area contributed by atoms with Crippen LogP contribution in [0.3, 0.4) is 0 Å². The van der Waals surface area contributed by atoms with E-state index >= 15 is 0 Å². The van der Waals surface area contributed by atoms with Gasteiger partial charge in [-0.3, -0.25) is 0 Å². The lowest BCUT2D eigenvalue weighted by atomic mass is 9.90. The molecule has 0 saturated carbocycles. The summed E-state index contributed by atoms with van der Waals surface area (Å²) in [5.41, 5.74) is 6.36. The highest BCUT2D eigenvalue weighted by Gasteiger charge is 2.21. The zero-order valence-corrected chi connectivity index (χ0v) is 15.7. The zero-order chi connectivity index (χ0) is 18.2. The third-order valence-electron chi connectivity index (χ3n) is 4.70. The summed E-state index contributed by atoms with van der Waals surface area (Å²) in [6, 6.07) is 5.47. The van der Waals surface area contributed by atoms with E-state index in [4.69, 9.17) is 10.5 Å². The highest BCUT2D eigenvalue weighted by atomic mass is 16.5. The second-order valence-electron chi connectivity index (χ2n) is 7.42. The molecule has 1 aromatic carbocycles. The van der Waals surface area contributed by atoms with E-state index in [1.165, 1.54) is 6.42 Å². The van der Waals surface area contributed by atoms with E-state index in [-0.39, 0.29) is 18.5 Å². The Kier molecular flexibility index (Phi) is 8.57. The van der Waals surface area contributed by atoms with Crippen LogP contribution >= 0.6 is 0 Å². The van der Waals surface area contributed by atoms with Crippen LogP contribution < -0.4 is 10.5 Å². The molecule has 0 fully saturated rings. The molecule has 0 saturated heterocycles. The molecule has 0 bridgehead atoms. The Morgan fingerprint density at radius 3 is 2.46 bits per heavy atom. The van der Waals surface area contributed by atoms with Crippen LogP contribution in [0, 0.1) is 5.92 Å². The monoisotopic (exact) mass is 337 g/mol. The van der Waals surface area contributed by atoms with Crippen molar-refractivity contribution in [2.75, 3.05) is 6.61 Å². The lowest BCUT2D eigenvalue weighted by Crippen LogP contribution is -2.43. The second kappa shape index (κ2) is 9.90. The largest absolute Gasteiger partial charge is 0.508 e. The number of benzene rings is 1. The zero-order valence-electron chi connectivity index (χ0n) is 15.7. The van der Waals surface area contributed by atoms with Gasteiger partial charge in [0.15, 0.2) is 0 Å². The Labute approximate surface area is 147 Å². The molecule has 0 aliphatic carbocycles. The maximum Gasteiger partial charge on any atom is 0.123 e. The van der Waals surface area contributed by atoms with Crippen LogP contribution in [0.1, 0.15) is 65.4 Å². The predicted molar refractivity (Wildman–Crippen MR) is 99.5 cm³/mol. The van der Waals surface area contributed by atoms with Crippen LogP contribution in [0.15, 0.2) is 18.2 Å². The third-order valence-corrected chi connectivity index (χ3v) is 4.70. The molecule has 4 N–H and O–H groups in total. The van der Waals surface area contributed by atoms with E-state index in [0.29, 0.717) is 25.0 Å². The first kappa shape index (κ1) is 20.8. The number of rotatable bonds is 11. The molecular formula is C20H35NO3. The van der Waals surface area contributed by atoms with Gasteiger partial charge in [0.2, 0.25) is 0 Å². The van der Waals surface area contributed by atoms with Crippen molar-refractivity contribution in [3.63, 3.8) is 0 Å². The van der Waals surface area contributed by atoms with Gasteiger partial charge in [0.1, 0.15) is 11.5 Å². The molecular weight excluding hydrogens is 302 g/mol. The maximum atomic E-state index is 10.2. The van der Waals surface area contributed by atoms with Crippen molar-refractivity contribution in [3.8, 4) is 11.5 Å². The SMILES string of the molecule is CCC(N)(CO)CCc1ccc(OC(C)CCCC(C)C)cc1O. The van der Waals surface area contributed by atoms with Gasteiger partial charge < -0.3 is 20.7 Å². The number of ether oxygens (including phenoxy) is 1. The third kappa shape index (κ3) is 7.10. The van der Waals surface area contributed by atoms with Crippen LogP contribution in [0.5, 0.6) is 11.5 Å². The van der Waals surface area contributed by atoms with Gasteiger partial charge in [-0.15, -0.1) is 0 Å². The Balaban J connectivity index is 2.55. The molecule has 0 heterocycles. The van der Waals surface area contributed by atoms with E-state index in [9.17, 15) is 10.2 Å². The highest BCUT2D eigenvalue weighted by Crippen LogP contribution is 2.27. The molecule has 0 aliphatic rings. The lowest BCUT2D eigenvalue weighted by Gasteiger charge is -2.25. The molecule has 0 radical (unpaired) electrons. The first-order valence-electron chi connectivity index (χ1n) is 9.18. The molecule has 1 rings (SSSR count). The summed E-state index contributed by atoms with van der Waals surface area (Å²) in [6.07, 6.45) is 5.50. The van der Waals surface area contributed by atoms with Crippen molar-refractivity contribution in [2.45, 2.75) is 77.9 Å². The molecule has 1 aromatic rings. The summed E-state index contributed by atoms with van der Waals surface area (Å²) < 4.78 is 5.90. The van der Waals surface area contributed by atoms with Gasteiger partial charge in [-0.25, -0.2) is 0 Å². The Hall–Kier alpha value is -1.26. The second-order valence-corrected chi connectivity index (χ2v) is 7.42. The van der Waals surface area contributed by atoms with Crippen LogP contribution in [0.2, 0.25) is 0 Å². The summed E-state index contributed by atoms with van der Waals surface area (Å²) in [5.74, 6) is 1.65. The van der Waals surface area contributed by atoms with E-state index < -0.39 is 5.54 Å². The summed E-state index contributed by atoms with van der Waals surface area (Å²) in [5, 5.41) is 19.6. The number of hydrogen-bond donors (Lipinski definition) is 3. The fourth-order valence-corrected chi connectivity index (χ4v) is 2.68. The Morgan fingerprint density at radius 2 is 1.92 bits per heavy atom. The molecule has 2 unspecified atom stereocenters. The normalized spacial score (nSPS) is 15.3. The molecule has 2 atom stereocenters. The molecule has 138 valence electrons. The maximum absolute atomic E-state index is 10.2. The first-order valence-corrected chi connectivity index (χ1v) is 9.18. The van der Waals surface area contributed by atoms with Gasteiger partial charge >= 0.3 is 0 Å². The van der Waals surface area contributed by atoms with Crippen molar-refractivity contribution in [2.24, 2.45) is 11.7 Å². The predicted octanol–water partition coefficient (Wildman–Crippen LogP) is 4.02. The fraction of sp³-hybridized carbons (Fsp3) is 0.700. The highest BCUT2D eigenvalue weighted by molar-refractivity contribution is 5.40. The summed E-state index contributed by atoms with van der Waals surface area (Å²) in [6.45, 7) is 8.45. The van der Waals surface area contributed by atoms with Crippen molar-refractivity contribution in [1.29, 1.82) is 0 Å². The standard InChI is InChI=1S/C20H35NO3/c1-5-20(21,14-22)12-11-17-9-10-18(13-19(17)23)24-16(4)8-6-7-15(2)3/h9-10,13,15-16,22-23H,5-8,11-12,14,21H2,1-4H3. The average molecular weight is 338 g/mol. The minimum absolute atomic E-state index is 0.0423. The van der Waals surface area contributed by atoms with E-state index in [1.54, 1.807) is 6.07 Å². The Morgan fingerprint density at radius 1 is 1.21 bits per heavy atom. The van der Waals surface area contributed by atoms with Gasteiger partial charge in [-0.1, -0.05) is 33.3 Å². The summed E-state index contributed by atoms with van der Waals surface area (Å²) in [7, 11) is 0. The minimum Gasteiger partial charge on any atom is -0.508 e. The molecule has 0 aliphatic heterocycles. The van der Waals surface area contributed by atoms with E-state index in [0.717, 1.165) is 24.3 Å². The smallest absolute Gasteiger partial charge is 0.123 e. The molecule has 4 heteroatoms. The molecule has 0 aromatic heterocycles. The summed E-state index contributed by atoms with van der Waals surface area (Å²) >= 11 is 0. The number of hydrogen-bond acceptors (Lipinski definition) is 4. The minimum atomic E-state index is -0.577. The van der Waals surface area contributed by atoms with Gasteiger partial charge in [0.05, 0.1) is 12.7 Å². The first-order chi connectivity index (χ1) is 11.3. The molecule has 0 spiro atoms. The van der Waals surface area contributed by atoms with Gasteiger partial charge in [-0.2, -0.15) is 0 Å².